The van der Waals surface area contributed by atoms with Crippen molar-refractivity contribution in [3.05, 3.63) is 11.6 Å². The number of carbonyl (C=O) groups excluding carboxylic acids is 4. The van der Waals surface area contributed by atoms with Crippen LogP contribution in [0.1, 0.15) is 88.5 Å². The van der Waals surface area contributed by atoms with Crippen LogP contribution < -0.4 is 5.32 Å². The Morgan fingerprint density at radius 2 is 1.68 bits per heavy atom. The van der Waals surface area contributed by atoms with Crippen LogP contribution in [-0.4, -0.2) is 77.6 Å². The third kappa shape index (κ3) is 9.67. The largest absolute Gasteiger partial charge is 0.463 e. The summed E-state index contributed by atoms with van der Waals surface area (Å²) >= 11 is 0. The Kier molecular flexibility index (Phi) is 11.7. The van der Waals surface area contributed by atoms with E-state index in [1.54, 1.807) is 52.6 Å². The fraction of sp³-hybridized carbons (Fsp3) is 0.786. The summed E-state index contributed by atoms with van der Waals surface area (Å²) in [5.41, 5.74) is -0.858. The highest BCUT2D eigenvalue weighted by Crippen LogP contribution is 2.26. The van der Waals surface area contributed by atoms with E-state index in [2.05, 4.69) is 5.32 Å². The Balaban J connectivity index is 3.20. The molecular weight excluding hydrogens is 474 g/mol. The summed E-state index contributed by atoms with van der Waals surface area (Å²) in [4.78, 5) is 55.4. The lowest BCUT2D eigenvalue weighted by Gasteiger charge is -2.40. The van der Waals surface area contributed by atoms with Crippen LogP contribution in [-0.2, 0) is 23.9 Å². The van der Waals surface area contributed by atoms with E-state index in [4.69, 9.17) is 9.47 Å². The summed E-state index contributed by atoms with van der Waals surface area (Å²) in [6.45, 7) is 19.1. The van der Waals surface area contributed by atoms with Gasteiger partial charge in [-0.25, -0.2) is 9.59 Å². The van der Waals surface area contributed by atoms with Gasteiger partial charge in [-0.3, -0.25) is 14.5 Å². The van der Waals surface area contributed by atoms with E-state index in [9.17, 15) is 19.2 Å². The normalized spacial score (nSPS) is 18.6. The summed E-state index contributed by atoms with van der Waals surface area (Å²) < 4.78 is 10.6. The van der Waals surface area contributed by atoms with Crippen LogP contribution >= 0.6 is 0 Å². The van der Waals surface area contributed by atoms with Gasteiger partial charge in [-0.05, 0) is 65.2 Å². The lowest BCUT2D eigenvalue weighted by molar-refractivity contribution is -0.142. The molecule has 1 fully saturated rings. The maximum absolute atomic E-state index is 13.8. The number of carbonyl (C=O) groups is 4. The molecule has 0 spiro atoms. The van der Waals surface area contributed by atoms with E-state index in [1.165, 1.54) is 4.90 Å². The number of ether oxygens (including phenoxy) is 2. The molecule has 9 nitrogen and oxygen atoms in total. The van der Waals surface area contributed by atoms with Gasteiger partial charge < -0.3 is 19.7 Å². The van der Waals surface area contributed by atoms with E-state index >= 15 is 0 Å². The van der Waals surface area contributed by atoms with Crippen molar-refractivity contribution >= 4 is 23.9 Å². The first kappa shape index (κ1) is 32.4. The van der Waals surface area contributed by atoms with Gasteiger partial charge in [-0.15, -0.1) is 0 Å². The maximum atomic E-state index is 13.8. The molecular formula is C28H49N3O6. The first-order chi connectivity index (χ1) is 16.9. The number of likely N-dealkylation sites (tertiary alicyclic amines) is 1. The smallest absolute Gasteiger partial charge is 0.410 e. The van der Waals surface area contributed by atoms with Crippen LogP contribution in [0.25, 0.3) is 0 Å². The topological polar surface area (TPSA) is 105 Å². The maximum Gasteiger partial charge on any atom is 0.410 e. The molecule has 9 heteroatoms. The molecule has 3 unspecified atom stereocenters. The lowest BCUT2D eigenvalue weighted by atomic mass is 9.84. The van der Waals surface area contributed by atoms with Gasteiger partial charge in [0.25, 0.3) is 0 Å². The predicted molar refractivity (Wildman–Crippen MR) is 144 cm³/mol. The first-order valence-electron chi connectivity index (χ1n) is 13.3. The summed E-state index contributed by atoms with van der Waals surface area (Å²) in [6, 6.07) is -1.94. The summed E-state index contributed by atoms with van der Waals surface area (Å²) in [6.07, 6.45) is 3.31. The molecule has 3 atom stereocenters. The molecule has 0 aromatic heterocycles. The van der Waals surface area contributed by atoms with Crippen molar-refractivity contribution < 1.29 is 28.7 Å². The molecule has 212 valence electrons. The minimum absolute atomic E-state index is 0.00986. The fourth-order valence-corrected chi connectivity index (χ4v) is 4.30. The van der Waals surface area contributed by atoms with Crippen molar-refractivity contribution in [3.8, 4) is 0 Å². The number of likely N-dealkylation sites (N-methyl/N-ethyl adjacent to an activating group) is 1. The second-order valence-electron chi connectivity index (χ2n) is 12.2. The van der Waals surface area contributed by atoms with Gasteiger partial charge in [0.15, 0.2) is 0 Å². The lowest BCUT2D eigenvalue weighted by Crippen LogP contribution is -2.60. The first-order valence-corrected chi connectivity index (χ1v) is 13.3. The summed E-state index contributed by atoms with van der Waals surface area (Å²) in [7, 11) is 1.68. The Morgan fingerprint density at radius 3 is 2.16 bits per heavy atom. The van der Waals surface area contributed by atoms with Crippen molar-refractivity contribution in [1.29, 1.82) is 0 Å². The highest BCUT2D eigenvalue weighted by atomic mass is 16.6. The third-order valence-corrected chi connectivity index (χ3v) is 6.33. The number of amides is 3. The fourth-order valence-electron chi connectivity index (χ4n) is 4.30. The molecule has 1 rings (SSSR count). The van der Waals surface area contributed by atoms with E-state index in [0.717, 1.165) is 12.8 Å². The molecule has 37 heavy (non-hydrogen) atoms. The van der Waals surface area contributed by atoms with Crippen LogP contribution in [0, 0.1) is 11.3 Å². The summed E-state index contributed by atoms with van der Waals surface area (Å²) in [5.74, 6) is -1.05. The van der Waals surface area contributed by atoms with Crippen LogP contribution in [0.4, 0.5) is 4.79 Å². The Bertz CT molecular complexity index is 853. The van der Waals surface area contributed by atoms with Crippen molar-refractivity contribution in [2.45, 2.75) is 112 Å². The molecule has 1 saturated heterocycles. The SMILES string of the molecule is CCOC(=O)/C(C)=C\C(C(C)C)N(C)C(=O)C(NC(=O)C1CCCCN1C(=O)OC(C)(C)C)C(C)(C)C. The minimum Gasteiger partial charge on any atom is -0.463 e. The zero-order valence-corrected chi connectivity index (χ0v) is 24.8. The number of nitrogens with one attached hydrogen (secondary N) is 1. The molecule has 0 saturated carbocycles. The van der Waals surface area contributed by atoms with Gasteiger partial charge >= 0.3 is 12.1 Å². The molecule has 1 N–H and O–H groups in total. The monoisotopic (exact) mass is 523 g/mol. The molecule has 0 aliphatic carbocycles. The van der Waals surface area contributed by atoms with Gasteiger partial charge in [-0.1, -0.05) is 40.7 Å². The molecule has 3 amide bonds. The number of esters is 1. The van der Waals surface area contributed by atoms with Crippen molar-refractivity contribution in [1.82, 2.24) is 15.1 Å². The number of hydrogen-bond acceptors (Lipinski definition) is 6. The number of hydrogen-bond donors (Lipinski definition) is 1. The zero-order chi connectivity index (χ0) is 28.7. The minimum atomic E-state index is -0.843. The molecule has 1 aliphatic rings. The Hall–Kier alpha value is -2.58. The molecule has 0 aromatic rings. The average molecular weight is 524 g/mol. The van der Waals surface area contributed by atoms with Crippen molar-refractivity contribution in [3.63, 3.8) is 0 Å². The van der Waals surface area contributed by atoms with E-state index in [1.807, 2.05) is 34.6 Å². The Labute approximate surface area is 223 Å². The quantitative estimate of drug-likeness (QED) is 0.376. The van der Waals surface area contributed by atoms with Gasteiger partial charge in [-0.2, -0.15) is 0 Å². The second kappa shape index (κ2) is 13.3. The standard InChI is InChI=1S/C28H49N3O6/c1-12-36-25(34)19(4)17-21(18(2)3)30(11)24(33)22(27(5,6)7)29-23(32)20-15-13-14-16-31(20)26(35)37-28(8,9)10/h17-18,20-22H,12-16H2,1-11H3,(H,29,32)/b19-17-. The predicted octanol–water partition coefficient (Wildman–Crippen LogP) is 4.30. The van der Waals surface area contributed by atoms with Gasteiger partial charge in [0, 0.05) is 19.2 Å². The third-order valence-electron chi connectivity index (χ3n) is 6.33. The Morgan fingerprint density at radius 1 is 1.08 bits per heavy atom. The molecule has 0 radical (unpaired) electrons. The molecule has 1 heterocycles. The molecule has 0 aromatic carbocycles. The van der Waals surface area contributed by atoms with Crippen LogP contribution in [0.2, 0.25) is 0 Å². The van der Waals surface area contributed by atoms with E-state index in [0.29, 0.717) is 18.5 Å². The highest BCUT2D eigenvalue weighted by Gasteiger charge is 2.41. The van der Waals surface area contributed by atoms with Gasteiger partial charge in [0.2, 0.25) is 11.8 Å². The second-order valence-corrected chi connectivity index (χ2v) is 12.2. The van der Waals surface area contributed by atoms with Crippen LogP contribution in [0.5, 0.6) is 0 Å². The van der Waals surface area contributed by atoms with E-state index in [-0.39, 0.29) is 30.4 Å². The zero-order valence-electron chi connectivity index (χ0n) is 24.8. The number of piperidine rings is 1. The molecule has 1 aliphatic heterocycles. The van der Waals surface area contributed by atoms with E-state index < -0.39 is 35.2 Å². The van der Waals surface area contributed by atoms with Crippen LogP contribution in [0.3, 0.4) is 0 Å². The summed E-state index contributed by atoms with van der Waals surface area (Å²) in [5, 5.41) is 2.95. The number of rotatable bonds is 8. The molecule has 0 bridgehead atoms. The van der Waals surface area contributed by atoms with Crippen molar-refractivity contribution in [2.24, 2.45) is 11.3 Å². The number of nitrogens with zero attached hydrogens (tertiary/aromatic N) is 2. The van der Waals surface area contributed by atoms with Crippen molar-refractivity contribution in [2.75, 3.05) is 20.2 Å². The van der Waals surface area contributed by atoms with Crippen LogP contribution in [0.15, 0.2) is 11.6 Å². The van der Waals surface area contributed by atoms with Gasteiger partial charge in [0.1, 0.15) is 17.7 Å². The van der Waals surface area contributed by atoms with Gasteiger partial charge in [0.05, 0.1) is 12.6 Å². The highest BCUT2D eigenvalue weighted by molar-refractivity contribution is 5.92. The average Bonchev–Trinajstić information content (AvgIpc) is 2.77.